The van der Waals surface area contributed by atoms with E-state index < -0.39 is 0 Å². The van der Waals surface area contributed by atoms with Gasteiger partial charge in [-0.2, -0.15) is 0 Å². The van der Waals surface area contributed by atoms with Gasteiger partial charge in [0, 0.05) is 17.5 Å². The molecule has 0 spiro atoms. The zero-order valence-corrected chi connectivity index (χ0v) is 11.8. The molecule has 1 aliphatic heterocycles. The largest absolute Gasteiger partial charge is 0.506 e. The van der Waals surface area contributed by atoms with E-state index in [2.05, 4.69) is 41.8 Å². The number of phenols is 1. The highest BCUT2D eigenvalue weighted by Crippen LogP contribution is 2.44. The second-order valence-electron chi connectivity index (χ2n) is 5.09. The van der Waals surface area contributed by atoms with Gasteiger partial charge in [0.2, 0.25) is 0 Å². The number of fused-ring (bicyclic) bond motifs is 4. The van der Waals surface area contributed by atoms with Gasteiger partial charge < -0.3 is 15.7 Å². The highest BCUT2D eigenvalue weighted by atomic mass is 32.1. The number of nitrogens with one attached hydrogen (secondary N) is 2. The standard InChI is InChI=1S/C16H14N2OS/c1-9-5-6-12-13(7-9)17-8-11-10-3-2-4-14(19)15(10)20-16(11)18-12/h2-7,17-19H,8H2,1H3. The maximum atomic E-state index is 9.98. The van der Waals surface area contributed by atoms with E-state index in [1.165, 1.54) is 11.1 Å². The van der Waals surface area contributed by atoms with Crippen LogP contribution in [0.5, 0.6) is 5.75 Å². The molecule has 0 saturated carbocycles. The van der Waals surface area contributed by atoms with E-state index in [1.807, 2.05) is 6.07 Å². The lowest BCUT2D eigenvalue weighted by molar-refractivity contribution is 0.482. The zero-order chi connectivity index (χ0) is 13.7. The van der Waals surface area contributed by atoms with Gasteiger partial charge in [0.05, 0.1) is 21.1 Å². The van der Waals surface area contributed by atoms with Gasteiger partial charge in [-0.15, -0.1) is 11.3 Å². The molecule has 2 aromatic carbocycles. The van der Waals surface area contributed by atoms with E-state index in [0.717, 1.165) is 33.0 Å². The Morgan fingerprint density at radius 3 is 2.95 bits per heavy atom. The fourth-order valence-corrected chi connectivity index (χ4v) is 3.80. The Bertz CT molecular complexity index is 823. The minimum absolute atomic E-state index is 0.353. The smallest absolute Gasteiger partial charge is 0.133 e. The number of hydrogen-bond acceptors (Lipinski definition) is 4. The van der Waals surface area contributed by atoms with Crippen molar-refractivity contribution in [1.82, 2.24) is 0 Å². The molecule has 0 aliphatic carbocycles. The predicted octanol–water partition coefficient (Wildman–Crippen LogP) is 4.58. The van der Waals surface area contributed by atoms with Gasteiger partial charge in [-0.05, 0) is 30.7 Å². The van der Waals surface area contributed by atoms with Crippen molar-refractivity contribution in [3.05, 3.63) is 47.5 Å². The molecule has 4 rings (SSSR count). The van der Waals surface area contributed by atoms with Crippen molar-refractivity contribution in [1.29, 1.82) is 0 Å². The number of aryl methyl sites for hydroxylation is 1. The van der Waals surface area contributed by atoms with Crippen LogP contribution in [0, 0.1) is 6.92 Å². The summed E-state index contributed by atoms with van der Waals surface area (Å²) in [7, 11) is 0. The molecule has 3 N–H and O–H groups in total. The maximum absolute atomic E-state index is 9.98. The van der Waals surface area contributed by atoms with E-state index >= 15 is 0 Å². The van der Waals surface area contributed by atoms with Gasteiger partial charge in [0.25, 0.3) is 0 Å². The number of rotatable bonds is 0. The van der Waals surface area contributed by atoms with Crippen LogP contribution in [0.25, 0.3) is 10.1 Å². The molecule has 1 aromatic heterocycles. The first-order valence-electron chi connectivity index (χ1n) is 6.57. The van der Waals surface area contributed by atoms with Gasteiger partial charge in [0.1, 0.15) is 5.75 Å². The van der Waals surface area contributed by atoms with E-state index in [9.17, 15) is 5.11 Å². The van der Waals surface area contributed by atoms with Crippen LogP contribution in [0.15, 0.2) is 36.4 Å². The van der Waals surface area contributed by atoms with Gasteiger partial charge in [0.15, 0.2) is 0 Å². The van der Waals surface area contributed by atoms with Crippen LogP contribution in [-0.4, -0.2) is 5.11 Å². The fourth-order valence-electron chi connectivity index (χ4n) is 2.65. The first-order chi connectivity index (χ1) is 9.72. The van der Waals surface area contributed by atoms with Crippen LogP contribution < -0.4 is 10.6 Å². The summed E-state index contributed by atoms with van der Waals surface area (Å²) >= 11 is 1.61. The SMILES string of the molecule is Cc1ccc2c(c1)NCc1c(sc3c(O)cccc13)N2. The molecule has 4 heteroatoms. The van der Waals surface area contributed by atoms with Crippen molar-refractivity contribution < 1.29 is 5.11 Å². The molecule has 0 unspecified atom stereocenters. The Hall–Kier alpha value is -2.20. The van der Waals surface area contributed by atoms with Crippen molar-refractivity contribution in [2.75, 3.05) is 10.6 Å². The third kappa shape index (κ3) is 1.65. The summed E-state index contributed by atoms with van der Waals surface area (Å²) in [6.45, 7) is 2.86. The lowest BCUT2D eigenvalue weighted by Gasteiger charge is -2.09. The van der Waals surface area contributed by atoms with Crippen LogP contribution in [0.4, 0.5) is 16.4 Å². The molecule has 0 fully saturated rings. The second-order valence-corrected chi connectivity index (χ2v) is 6.11. The Kier molecular flexibility index (Phi) is 2.41. The van der Waals surface area contributed by atoms with Crippen LogP contribution in [-0.2, 0) is 6.54 Å². The summed E-state index contributed by atoms with van der Waals surface area (Å²) in [5.74, 6) is 0.353. The average Bonchev–Trinajstić information content (AvgIpc) is 2.68. The molecule has 3 aromatic rings. The van der Waals surface area contributed by atoms with E-state index in [4.69, 9.17) is 0 Å². The van der Waals surface area contributed by atoms with E-state index in [0.29, 0.717) is 5.75 Å². The van der Waals surface area contributed by atoms with Crippen LogP contribution in [0.2, 0.25) is 0 Å². The molecule has 20 heavy (non-hydrogen) atoms. The van der Waals surface area contributed by atoms with Gasteiger partial charge in [-0.1, -0.05) is 18.2 Å². The molecule has 2 heterocycles. The van der Waals surface area contributed by atoms with Crippen LogP contribution in [0.1, 0.15) is 11.1 Å². The van der Waals surface area contributed by atoms with E-state index in [1.54, 1.807) is 17.4 Å². The highest BCUT2D eigenvalue weighted by Gasteiger charge is 2.18. The molecule has 0 radical (unpaired) electrons. The molecular weight excluding hydrogens is 268 g/mol. The number of thiophene rings is 1. The molecular formula is C16H14N2OS. The topological polar surface area (TPSA) is 44.3 Å². The number of anilines is 3. The summed E-state index contributed by atoms with van der Waals surface area (Å²) < 4.78 is 0.947. The summed E-state index contributed by atoms with van der Waals surface area (Å²) in [4.78, 5) is 0. The van der Waals surface area contributed by atoms with E-state index in [-0.39, 0.29) is 0 Å². The summed E-state index contributed by atoms with van der Waals surface area (Å²) in [6.07, 6.45) is 0. The third-order valence-corrected chi connectivity index (χ3v) is 4.86. The van der Waals surface area contributed by atoms with Crippen molar-refractivity contribution in [2.24, 2.45) is 0 Å². The zero-order valence-electron chi connectivity index (χ0n) is 11.0. The van der Waals surface area contributed by atoms with Gasteiger partial charge >= 0.3 is 0 Å². The number of hydrogen-bond donors (Lipinski definition) is 3. The van der Waals surface area contributed by atoms with Crippen LogP contribution >= 0.6 is 11.3 Å². The normalized spacial score (nSPS) is 13.1. The Balaban J connectivity index is 1.91. The lowest BCUT2D eigenvalue weighted by Crippen LogP contribution is -1.97. The van der Waals surface area contributed by atoms with Crippen molar-refractivity contribution >= 4 is 37.8 Å². The summed E-state index contributed by atoms with van der Waals surface area (Å²) in [6, 6.07) is 12.0. The first kappa shape index (κ1) is 11.6. The minimum atomic E-state index is 0.353. The van der Waals surface area contributed by atoms with Crippen molar-refractivity contribution in [3.8, 4) is 5.75 Å². The third-order valence-electron chi connectivity index (χ3n) is 3.68. The second kappa shape index (κ2) is 4.15. The van der Waals surface area contributed by atoms with Crippen molar-refractivity contribution in [3.63, 3.8) is 0 Å². The predicted molar refractivity (Wildman–Crippen MR) is 85.3 cm³/mol. The molecule has 3 nitrogen and oxygen atoms in total. The quantitative estimate of drug-likeness (QED) is 0.565. The molecule has 0 amide bonds. The minimum Gasteiger partial charge on any atom is -0.506 e. The molecule has 0 atom stereocenters. The fraction of sp³-hybridized carbons (Fsp3) is 0.125. The van der Waals surface area contributed by atoms with Gasteiger partial charge in [-0.3, -0.25) is 0 Å². The number of benzene rings is 2. The monoisotopic (exact) mass is 282 g/mol. The van der Waals surface area contributed by atoms with Crippen LogP contribution in [0.3, 0.4) is 0 Å². The van der Waals surface area contributed by atoms with Crippen molar-refractivity contribution in [2.45, 2.75) is 13.5 Å². The molecule has 100 valence electrons. The molecule has 0 saturated heterocycles. The molecule has 1 aliphatic rings. The maximum Gasteiger partial charge on any atom is 0.133 e. The Morgan fingerprint density at radius 2 is 2.05 bits per heavy atom. The first-order valence-corrected chi connectivity index (χ1v) is 7.39. The number of phenolic OH excluding ortho intramolecular Hbond substituents is 1. The summed E-state index contributed by atoms with van der Waals surface area (Å²) in [5.41, 5.74) is 4.67. The van der Waals surface area contributed by atoms with Gasteiger partial charge in [-0.25, -0.2) is 0 Å². The Morgan fingerprint density at radius 1 is 1.15 bits per heavy atom. The Labute approximate surface area is 120 Å². The summed E-state index contributed by atoms with van der Waals surface area (Å²) in [5, 5.41) is 19.2. The number of aromatic hydroxyl groups is 1. The molecule has 0 bridgehead atoms. The average molecular weight is 282 g/mol. The lowest BCUT2D eigenvalue weighted by atomic mass is 10.1. The highest BCUT2D eigenvalue weighted by molar-refractivity contribution is 7.23.